The molecule has 4 rings (SSSR count). The van der Waals surface area contributed by atoms with Crippen LogP contribution in [0.1, 0.15) is 34.0 Å². The Morgan fingerprint density at radius 3 is 2.28 bits per heavy atom. The third-order valence-electron chi connectivity index (χ3n) is 6.82. The maximum Gasteiger partial charge on any atom is 0.420 e. The summed E-state index contributed by atoms with van der Waals surface area (Å²) in [6.07, 6.45) is -3.54. The number of amides is 1. The zero-order valence-corrected chi connectivity index (χ0v) is 22.1. The van der Waals surface area contributed by atoms with Crippen LogP contribution in [0.25, 0.3) is 16.6 Å². The molecule has 0 aliphatic rings. The van der Waals surface area contributed by atoms with Crippen LogP contribution in [0, 0.1) is 26.6 Å². The van der Waals surface area contributed by atoms with Crippen LogP contribution in [0.3, 0.4) is 0 Å². The molecule has 0 aliphatic heterocycles. The van der Waals surface area contributed by atoms with Gasteiger partial charge in [0.05, 0.1) is 30.5 Å². The predicted molar refractivity (Wildman–Crippen MR) is 143 cm³/mol. The molecule has 4 aromatic rings. The van der Waals surface area contributed by atoms with Crippen molar-refractivity contribution in [2.75, 3.05) is 25.0 Å². The fourth-order valence-electron chi connectivity index (χ4n) is 4.64. The third-order valence-corrected chi connectivity index (χ3v) is 6.82. The van der Waals surface area contributed by atoms with Gasteiger partial charge in [-0.05, 0) is 80.8 Å². The Kier molecular flexibility index (Phi) is 7.70. The maximum atomic E-state index is 14.3. The maximum absolute atomic E-state index is 14.3. The summed E-state index contributed by atoms with van der Waals surface area (Å²) in [6.45, 7) is 4.93. The first-order valence-electron chi connectivity index (χ1n) is 12.5. The summed E-state index contributed by atoms with van der Waals surface area (Å²) in [7, 11) is 0. The minimum Gasteiger partial charge on any atom is -0.381 e. The van der Waals surface area contributed by atoms with E-state index in [0.29, 0.717) is 39.0 Å². The number of carbonyl (C=O) groups is 1. The second-order valence-electron chi connectivity index (χ2n) is 9.75. The molecule has 1 aromatic heterocycles. The lowest BCUT2D eigenvalue weighted by molar-refractivity contribution is -0.257. The summed E-state index contributed by atoms with van der Waals surface area (Å²) in [5.41, 5.74) is 0.636. The molecule has 6 nitrogen and oxygen atoms in total. The Hall–Kier alpha value is -3.92. The number of nitrogens with zero attached hydrogens (tertiary/aromatic N) is 3. The Labute approximate surface area is 223 Å². The molecular formula is C29H30F4N4O2. The van der Waals surface area contributed by atoms with E-state index in [-0.39, 0.29) is 6.54 Å². The minimum atomic E-state index is -5.03. The van der Waals surface area contributed by atoms with Crippen LogP contribution in [0.2, 0.25) is 0 Å². The van der Waals surface area contributed by atoms with Crippen molar-refractivity contribution in [1.82, 2.24) is 14.7 Å². The van der Waals surface area contributed by atoms with Crippen LogP contribution in [-0.2, 0) is 0 Å². The van der Waals surface area contributed by atoms with Gasteiger partial charge in [0.1, 0.15) is 5.82 Å². The average Bonchev–Trinajstić information content (AvgIpc) is 3.29. The van der Waals surface area contributed by atoms with Gasteiger partial charge in [-0.15, -0.1) is 0 Å². The first kappa shape index (κ1) is 28.1. The lowest BCUT2D eigenvalue weighted by atomic mass is 9.98. The van der Waals surface area contributed by atoms with Crippen LogP contribution in [0.5, 0.6) is 0 Å². The van der Waals surface area contributed by atoms with E-state index in [4.69, 9.17) is 0 Å². The van der Waals surface area contributed by atoms with Crippen molar-refractivity contribution >= 4 is 22.5 Å². The number of aromatic nitrogens is 2. The SMILES string of the molecule is CCN(CC(O)(CNc1cc(C)cc2c1cnn2-c1ccc(F)cc1)C(F)(F)F)C(=O)c1c(C)cccc1C. The standard InChI is InChI=1S/C29H30F4N4O2/c1-5-36(27(38)26-19(3)7-6-8-20(26)4)17-28(39,29(31,32)33)16-34-24-13-18(2)14-25-23(24)15-35-37(25)22-11-9-21(30)10-12-22/h6-15,34,39H,5,16-17H2,1-4H3. The molecule has 3 aromatic carbocycles. The van der Waals surface area contributed by atoms with E-state index < -0.39 is 36.6 Å². The molecule has 0 aliphatic carbocycles. The molecule has 0 fully saturated rings. The summed E-state index contributed by atoms with van der Waals surface area (Å²) in [5.74, 6) is -0.980. The van der Waals surface area contributed by atoms with Gasteiger partial charge < -0.3 is 15.3 Å². The van der Waals surface area contributed by atoms with Crippen molar-refractivity contribution in [3.05, 3.63) is 88.9 Å². The number of benzene rings is 3. The van der Waals surface area contributed by atoms with E-state index in [9.17, 15) is 27.5 Å². The minimum absolute atomic E-state index is 0.0237. The van der Waals surface area contributed by atoms with E-state index in [1.165, 1.54) is 18.3 Å². The second kappa shape index (κ2) is 10.7. The number of anilines is 1. The highest BCUT2D eigenvalue weighted by Crippen LogP contribution is 2.34. The van der Waals surface area contributed by atoms with Crippen LogP contribution in [-0.4, -0.2) is 57.1 Å². The molecule has 39 heavy (non-hydrogen) atoms. The lowest BCUT2D eigenvalue weighted by Crippen LogP contribution is -2.58. The largest absolute Gasteiger partial charge is 0.420 e. The van der Waals surface area contributed by atoms with Crippen molar-refractivity contribution in [1.29, 1.82) is 0 Å². The number of likely N-dealkylation sites (N-methyl/N-ethyl adjacent to an activating group) is 1. The highest BCUT2D eigenvalue weighted by atomic mass is 19.4. The van der Waals surface area contributed by atoms with Gasteiger partial charge in [0, 0.05) is 23.2 Å². The zero-order valence-electron chi connectivity index (χ0n) is 22.1. The van der Waals surface area contributed by atoms with Crippen molar-refractivity contribution in [2.24, 2.45) is 0 Å². The zero-order chi connectivity index (χ0) is 28.5. The van der Waals surface area contributed by atoms with Gasteiger partial charge >= 0.3 is 6.18 Å². The Balaban J connectivity index is 1.64. The van der Waals surface area contributed by atoms with Crippen molar-refractivity contribution < 1.29 is 27.5 Å². The monoisotopic (exact) mass is 542 g/mol. The molecule has 1 heterocycles. The van der Waals surface area contributed by atoms with Crippen molar-refractivity contribution in [3.63, 3.8) is 0 Å². The summed E-state index contributed by atoms with van der Waals surface area (Å²) >= 11 is 0. The molecule has 10 heteroatoms. The predicted octanol–water partition coefficient (Wildman–Crippen LogP) is 5.96. The number of fused-ring (bicyclic) bond motifs is 1. The number of alkyl halides is 3. The summed E-state index contributed by atoms with van der Waals surface area (Å²) in [5, 5.41) is 18.6. The van der Waals surface area contributed by atoms with E-state index in [1.807, 2.05) is 6.07 Å². The van der Waals surface area contributed by atoms with Gasteiger partial charge in [-0.3, -0.25) is 4.79 Å². The first-order chi connectivity index (χ1) is 18.3. The molecular weight excluding hydrogens is 512 g/mol. The van der Waals surface area contributed by atoms with Gasteiger partial charge in [-0.1, -0.05) is 18.2 Å². The molecule has 0 spiro atoms. The second-order valence-corrected chi connectivity index (χ2v) is 9.75. The number of hydrogen-bond acceptors (Lipinski definition) is 4. The summed E-state index contributed by atoms with van der Waals surface area (Å²) < 4.78 is 57.9. The number of aryl methyl sites for hydroxylation is 3. The smallest absolute Gasteiger partial charge is 0.381 e. The highest BCUT2D eigenvalue weighted by Gasteiger charge is 2.55. The Morgan fingerprint density at radius 1 is 1.05 bits per heavy atom. The van der Waals surface area contributed by atoms with Crippen LogP contribution >= 0.6 is 0 Å². The van der Waals surface area contributed by atoms with Gasteiger partial charge in [-0.25, -0.2) is 9.07 Å². The number of aliphatic hydroxyl groups is 1. The fraction of sp³-hybridized carbons (Fsp3) is 0.310. The average molecular weight is 543 g/mol. The third kappa shape index (κ3) is 5.61. The molecule has 0 radical (unpaired) electrons. The molecule has 206 valence electrons. The summed E-state index contributed by atoms with van der Waals surface area (Å²) in [4.78, 5) is 14.3. The molecule has 1 unspecified atom stereocenters. The van der Waals surface area contributed by atoms with Gasteiger partial charge in [0.15, 0.2) is 5.60 Å². The number of halogens is 4. The Bertz CT molecular complexity index is 1480. The highest BCUT2D eigenvalue weighted by molar-refractivity contribution is 5.97. The van der Waals surface area contributed by atoms with Crippen LogP contribution < -0.4 is 5.32 Å². The van der Waals surface area contributed by atoms with Gasteiger partial charge in [-0.2, -0.15) is 18.3 Å². The molecule has 0 saturated carbocycles. The van der Waals surface area contributed by atoms with E-state index in [1.54, 1.807) is 68.8 Å². The van der Waals surface area contributed by atoms with Crippen molar-refractivity contribution in [2.45, 2.75) is 39.5 Å². The summed E-state index contributed by atoms with van der Waals surface area (Å²) in [6, 6.07) is 14.4. The normalized spacial score (nSPS) is 13.4. The molecule has 2 N–H and O–H groups in total. The number of hydrogen-bond donors (Lipinski definition) is 2. The Morgan fingerprint density at radius 2 is 1.69 bits per heavy atom. The molecule has 0 saturated heterocycles. The molecule has 1 amide bonds. The van der Waals surface area contributed by atoms with Crippen LogP contribution in [0.15, 0.2) is 60.8 Å². The first-order valence-corrected chi connectivity index (χ1v) is 12.5. The number of carbonyl (C=O) groups excluding carboxylic acids is 1. The van der Waals surface area contributed by atoms with Gasteiger partial charge in [0.2, 0.25) is 0 Å². The number of nitrogens with one attached hydrogen (secondary N) is 1. The molecule has 1 atom stereocenters. The van der Waals surface area contributed by atoms with E-state index in [0.717, 1.165) is 10.5 Å². The van der Waals surface area contributed by atoms with E-state index >= 15 is 0 Å². The van der Waals surface area contributed by atoms with Crippen molar-refractivity contribution in [3.8, 4) is 5.69 Å². The lowest BCUT2D eigenvalue weighted by Gasteiger charge is -2.36. The van der Waals surface area contributed by atoms with Gasteiger partial charge in [0.25, 0.3) is 5.91 Å². The van der Waals surface area contributed by atoms with E-state index in [2.05, 4.69) is 10.4 Å². The molecule has 0 bridgehead atoms. The topological polar surface area (TPSA) is 70.4 Å². The number of rotatable bonds is 8. The fourth-order valence-corrected chi connectivity index (χ4v) is 4.64. The quantitative estimate of drug-likeness (QED) is 0.270. The van der Waals surface area contributed by atoms with Crippen LogP contribution in [0.4, 0.5) is 23.2 Å².